The van der Waals surface area contributed by atoms with Crippen molar-refractivity contribution >= 4 is 23.2 Å². The number of hydrogen-bond acceptors (Lipinski definition) is 3. The fourth-order valence-corrected chi connectivity index (χ4v) is 1.87. The Labute approximate surface area is 127 Å². The molecule has 4 N–H and O–H groups in total. The Hall–Kier alpha value is -1.14. The number of aliphatic hydroxyl groups is 1. The zero-order valence-electron chi connectivity index (χ0n) is 12.6. The summed E-state index contributed by atoms with van der Waals surface area (Å²) in [4.78, 5) is 12.1. The van der Waals surface area contributed by atoms with Crippen LogP contribution >= 0.6 is 12.2 Å². The van der Waals surface area contributed by atoms with Gasteiger partial charge in [0, 0.05) is 12.5 Å². The molecule has 0 aliphatic rings. The van der Waals surface area contributed by atoms with Gasteiger partial charge in [0.05, 0.1) is 6.10 Å². The number of hydrazine groups is 1. The summed E-state index contributed by atoms with van der Waals surface area (Å²) in [6.07, 6.45) is 3.33. The van der Waals surface area contributed by atoms with Crippen LogP contribution in [0.3, 0.4) is 0 Å². The first kappa shape index (κ1) is 18.9. The Morgan fingerprint density at radius 2 is 1.95 bits per heavy atom. The molecule has 0 aliphatic carbocycles. The smallest absolute Gasteiger partial charge is 0.241 e. The van der Waals surface area contributed by atoms with Crippen LogP contribution in [-0.2, 0) is 4.79 Å². The summed E-state index contributed by atoms with van der Waals surface area (Å²) in [6.45, 7) is 10.0. The van der Waals surface area contributed by atoms with Crippen LogP contribution in [-0.4, -0.2) is 28.8 Å². The highest BCUT2D eigenvalue weighted by atomic mass is 32.1. The lowest BCUT2D eigenvalue weighted by Gasteiger charge is -2.20. The van der Waals surface area contributed by atoms with Gasteiger partial charge in [0.15, 0.2) is 5.11 Å². The Bertz CT molecular complexity index is 320. The molecular weight excluding hydrogens is 274 g/mol. The van der Waals surface area contributed by atoms with Crippen molar-refractivity contribution < 1.29 is 9.90 Å². The number of rotatable bonds is 8. The van der Waals surface area contributed by atoms with Gasteiger partial charge in [-0.15, -0.1) is 6.58 Å². The lowest BCUT2D eigenvalue weighted by atomic mass is 9.92. The summed E-state index contributed by atoms with van der Waals surface area (Å²) in [6, 6.07) is 0. The Morgan fingerprint density at radius 1 is 1.30 bits per heavy atom. The molecule has 0 saturated carbocycles. The molecule has 0 aromatic rings. The number of nitrogens with one attached hydrogen (secondary N) is 3. The molecule has 116 valence electrons. The Morgan fingerprint density at radius 3 is 2.45 bits per heavy atom. The Kier molecular flexibility index (Phi) is 10.0. The second-order valence-corrected chi connectivity index (χ2v) is 5.77. The average Bonchev–Trinajstić information content (AvgIpc) is 2.37. The van der Waals surface area contributed by atoms with Crippen LogP contribution in [0.2, 0.25) is 0 Å². The van der Waals surface area contributed by atoms with E-state index in [1.54, 1.807) is 13.0 Å². The van der Waals surface area contributed by atoms with Crippen LogP contribution in [0.5, 0.6) is 0 Å². The zero-order valence-corrected chi connectivity index (χ0v) is 13.4. The third-order valence-electron chi connectivity index (χ3n) is 2.80. The van der Waals surface area contributed by atoms with Crippen molar-refractivity contribution in [2.24, 2.45) is 11.8 Å². The number of thiocarbonyl (C=S) groups is 1. The maximum Gasteiger partial charge on any atom is 0.241 e. The van der Waals surface area contributed by atoms with Gasteiger partial charge >= 0.3 is 0 Å². The number of hydrogen-bond donors (Lipinski definition) is 4. The molecule has 0 aromatic carbocycles. The lowest BCUT2D eigenvalue weighted by Crippen LogP contribution is -2.49. The van der Waals surface area contributed by atoms with Crippen molar-refractivity contribution in [1.82, 2.24) is 16.2 Å². The van der Waals surface area contributed by atoms with E-state index in [9.17, 15) is 9.90 Å². The number of carbonyl (C=O) groups is 1. The summed E-state index contributed by atoms with van der Waals surface area (Å²) >= 11 is 4.98. The third kappa shape index (κ3) is 9.75. The SMILES string of the molecule is C=CCNC(=S)NNC(=O)[C@@H](CCC(C)C)C[C@@H](C)O. The minimum atomic E-state index is -0.497. The lowest BCUT2D eigenvalue weighted by molar-refractivity contribution is -0.126. The molecule has 0 aliphatic heterocycles. The summed E-state index contributed by atoms with van der Waals surface area (Å²) in [5.41, 5.74) is 5.23. The van der Waals surface area contributed by atoms with Crippen molar-refractivity contribution in [2.75, 3.05) is 6.54 Å². The van der Waals surface area contributed by atoms with E-state index in [0.717, 1.165) is 12.8 Å². The van der Waals surface area contributed by atoms with Gasteiger partial charge in [0.25, 0.3) is 0 Å². The van der Waals surface area contributed by atoms with E-state index in [1.807, 2.05) is 0 Å². The van der Waals surface area contributed by atoms with Gasteiger partial charge in [-0.25, -0.2) is 0 Å². The fourth-order valence-electron chi connectivity index (χ4n) is 1.73. The topological polar surface area (TPSA) is 73.4 Å². The highest BCUT2D eigenvalue weighted by molar-refractivity contribution is 7.80. The molecule has 0 rings (SSSR count). The maximum atomic E-state index is 12.1. The monoisotopic (exact) mass is 301 g/mol. The fraction of sp³-hybridized carbons (Fsp3) is 0.714. The third-order valence-corrected chi connectivity index (χ3v) is 3.04. The average molecular weight is 301 g/mol. The van der Waals surface area contributed by atoms with Crippen LogP contribution < -0.4 is 16.2 Å². The van der Waals surface area contributed by atoms with Crippen molar-refractivity contribution in [2.45, 2.75) is 46.1 Å². The van der Waals surface area contributed by atoms with E-state index in [2.05, 4.69) is 36.6 Å². The molecule has 5 nitrogen and oxygen atoms in total. The van der Waals surface area contributed by atoms with E-state index in [0.29, 0.717) is 24.0 Å². The van der Waals surface area contributed by atoms with E-state index in [4.69, 9.17) is 12.2 Å². The van der Waals surface area contributed by atoms with Crippen LogP contribution in [0.4, 0.5) is 0 Å². The molecule has 0 aromatic heterocycles. The van der Waals surface area contributed by atoms with E-state index in [-0.39, 0.29) is 11.8 Å². The van der Waals surface area contributed by atoms with Gasteiger partial charge in [-0.3, -0.25) is 15.6 Å². The van der Waals surface area contributed by atoms with Gasteiger partial charge in [-0.1, -0.05) is 26.3 Å². The molecule has 0 bridgehead atoms. The summed E-state index contributed by atoms with van der Waals surface area (Å²) in [7, 11) is 0. The summed E-state index contributed by atoms with van der Waals surface area (Å²) in [5.74, 6) is 0.170. The van der Waals surface area contributed by atoms with Gasteiger partial charge in [-0.2, -0.15) is 0 Å². The number of carbonyl (C=O) groups excluding carboxylic acids is 1. The minimum absolute atomic E-state index is 0.144. The molecule has 0 heterocycles. The first-order valence-electron chi connectivity index (χ1n) is 6.99. The largest absolute Gasteiger partial charge is 0.393 e. The van der Waals surface area contributed by atoms with Crippen molar-refractivity contribution in [1.29, 1.82) is 0 Å². The predicted octanol–water partition coefficient (Wildman–Crippen LogP) is 1.49. The van der Waals surface area contributed by atoms with Gasteiger partial charge in [-0.05, 0) is 37.9 Å². The van der Waals surface area contributed by atoms with Crippen LogP contribution in [0.25, 0.3) is 0 Å². The molecule has 1 amide bonds. The second-order valence-electron chi connectivity index (χ2n) is 5.37. The van der Waals surface area contributed by atoms with Crippen molar-refractivity contribution in [3.63, 3.8) is 0 Å². The van der Waals surface area contributed by atoms with E-state index < -0.39 is 6.10 Å². The Balaban J connectivity index is 4.24. The number of amides is 1. The normalized spacial score (nSPS) is 13.4. The molecule has 0 radical (unpaired) electrons. The van der Waals surface area contributed by atoms with Crippen molar-refractivity contribution in [3.8, 4) is 0 Å². The summed E-state index contributed by atoms with van der Waals surface area (Å²) < 4.78 is 0. The zero-order chi connectivity index (χ0) is 15.5. The quantitative estimate of drug-likeness (QED) is 0.311. The van der Waals surface area contributed by atoms with Crippen LogP contribution in [0.15, 0.2) is 12.7 Å². The van der Waals surface area contributed by atoms with E-state index >= 15 is 0 Å². The molecular formula is C14H27N3O2S. The standard InChI is InChI=1S/C14H27N3O2S/c1-5-8-15-14(20)17-16-13(19)12(9-11(4)18)7-6-10(2)3/h5,10-12,18H,1,6-9H2,2-4H3,(H,16,19)(H2,15,17,20)/t11-,12+/m1/s1. The van der Waals surface area contributed by atoms with Crippen molar-refractivity contribution in [3.05, 3.63) is 12.7 Å². The first-order valence-corrected chi connectivity index (χ1v) is 7.40. The molecule has 20 heavy (non-hydrogen) atoms. The van der Waals surface area contributed by atoms with Gasteiger partial charge < -0.3 is 10.4 Å². The highest BCUT2D eigenvalue weighted by Crippen LogP contribution is 2.17. The highest BCUT2D eigenvalue weighted by Gasteiger charge is 2.20. The maximum absolute atomic E-state index is 12.1. The molecule has 0 fully saturated rings. The van der Waals surface area contributed by atoms with Crippen LogP contribution in [0, 0.1) is 11.8 Å². The van der Waals surface area contributed by atoms with Gasteiger partial charge in [0.2, 0.25) is 5.91 Å². The van der Waals surface area contributed by atoms with E-state index in [1.165, 1.54) is 0 Å². The van der Waals surface area contributed by atoms with Gasteiger partial charge in [0.1, 0.15) is 0 Å². The molecule has 6 heteroatoms. The molecule has 2 atom stereocenters. The molecule has 0 unspecified atom stereocenters. The molecule has 0 spiro atoms. The minimum Gasteiger partial charge on any atom is -0.393 e. The van der Waals surface area contributed by atoms with Crippen LogP contribution in [0.1, 0.15) is 40.0 Å². The molecule has 0 saturated heterocycles. The first-order chi connectivity index (χ1) is 9.36. The second kappa shape index (κ2) is 10.6. The predicted molar refractivity (Wildman–Crippen MR) is 85.9 cm³/mol. The summed E-state index contributed by atoms with van der Waals surface area (Å²) in [5, 5.41) is 12.7. The number of aliphatic hydroxyl groups excluding tert-OH is 1.